The first-order chi connectivity index (χ1) is 29.1. The number of nitrogens with one attached hydrogen (secondary N) is 3. The number of likely N-dealkylation sites (tertiary alicyclic amines) is 2. The number of aromatic nitrogens is 4. The van der Waals surface area contributed by atoms with Gasteiger partial charge in [-0.2, -0.15) is 18.3 Å². The summed E-state index contributed by atoms with van der Waals surface area (Å²) < 4.78 is 61.8. The van der Waals surface area contributed by atoms with Crippen LogP contribution in [0.4, 0.5) is 29.2 Å². The largest absolute Gasteiger partial charge is 0.419 e. The number of piperidine rings is 3. The van der Waals surface area contributed by atoms with Crippen LogP contribution in [0, 0.1) is 23.6 Å². The summed E-state index contributed by atoms with van der Waals surface area (Å²) in [5.74, 6) is 5.66. The third-order valence-corrected chi connectivity index (χ3v) is 12.1. The van der Waals surface area contributed by atoms with Crippen LogP contribution in [-0.4, -0.2) is 97.4 Å². The summed E-state index contributed by atoms with van der Waals surface area (Å²) in [7, 11) is 0. The molecular weight excluding hydrogens is 811 g/mol. The molecule has 12 nitrogen and oxygen atoms in total. The normalized spacial score (nSPS) is 18.8. The molecule has 0 radical (unpaired) electrons. The third kappa shape index (κ3) is 12.4. The van der Waals surface area contributed by atoms with E-state index in [0.717, 1.165) is 82.5 Å². The van der Waals surface area contributed by atoms with Gasteiger partial charge in [0.2, 0.25) is 17.8 Å². The molecule has 3 aliphatic heterocycles. The van der Waals surface area contributed by atoms with E-state index in [0.29, 0.717) is 29.9 Å². The van der Waals surface area contributed by atoms with Crippen molar-refractivity contribution in [1.82, 2.24) is 39.6 Å². The fourth-order valence-corrected chi connectivity index (χ4v) is 8.82. The van der Waals surface area contributed by atoms with Crippen molar-refractivity contribution in [3.63, 3.8) is 0 Å². The highest BCUT2D eigenvalue weighted by Gasteiger charge is 2.36. The minimum atomic E-state index is -4.74. The van der Waals surface area contributed by atoms with Crippen LogP contribution in [0.1, 0.15) is 81.4 Å². The van der Waals surface area contributed by atoms with Crippen LogP contribution >= 0.6 is 11.9 Å². The number of imide groups is 1. The van der Waals surface area contributed by atoms with Crippen LogP contribution in [0.3, 0.4) is 0 Å². The maximum atomic E-state index is 15.3. The van der Waals surface area contributed by atoms with Gasteiger partial charge in [-0.25, -0.2) is 14.4 Å². The van der Waals surface area contributed by atoms with E-state index in [9.17, 15) is 27.9 Å². The van der Waals surface area contributed by atoms with Crippen LogP contribution in [0.25, 0.3) is 11.3 Å². The number of nitrogens with zero attached hydrogens (tertiary/aromatic N) is 6. The van der Waals surface area contributed by atoms with E-state index in [-0.39, 0.29) is 47.5 Å². The van der Waals surface area contributed by atoms with E-state index in [2.05, 4.69) is 52.1 Å². The van der Waals surface area contributed by atoms with Crippen molar-refractivity contribution in [3.05, 3.63) is 83.6 Å². The highest BCUT2D eigenvalue weighted by Crippen LogP contribution is 2.37. The fraction of sp³-hybridized carbons (Fsp3) is 0.477. The Morgan fingerprint density at radius 1 is 0.984 bits per heavy atom. The molecule has 0 spiro atoms. The van der Waals surface area contributed by atoms with Crippen molar-refractivity contribution in [3.8, 4) is 23.1 Å². The van der Waals surface area contributed by atoms with Gasteiger partial charge in [0, 0.05) is 60.4 Å². The number of rotatable bonds is 13. The summed E-state index contributed by atoms with van der Waals surface area (Å²) in [5, 5.41) is 19.3. The molecule has 3 fully saturated rings. The molecule has 7 rings (SSSR count). The number of carbonyl (C=O) groups excluding carboxylic acids is 2. The molecule has 3 aliphatic rings. The Bertz CT molecular complexity index is 2240. The van der Waals surface area contributed by atoms with Gasteiger partial charge in [0.15, 0.2) is 0 Å². The van der Waals surface area contributed by atoms with E-state index in [4.69, 9.17) is 0 Å². The van der Waals surface area contributed by atoms with Crippen LogP contribution in [0.5, 0.6) is 0 Å². The summed E-state index contributed by atoms with van der Waals surface area (Å²) in [5.41, 5.74) is -0.724. The number of amides is 2. The zero-order chi connectivity index (χ0) is 43.1. The second-order valence-electron chi connectivity index (χ2n) is 16.7. The van der Waals surface area contributed by atoms with Crippen molar-refractivity contribution in [2.75, 3.05) is 44.6 Å². The van der Waals surface area contributed by atoms with Crippen LogP contribution in [0.2, 0.25) is 0 Å². The number of benzene rings is 2. The standard InChI is InChI=1S/C44H51F4N9O3S/c1-43(2,60)28-57-27-32(24-50-57)40-36(44(46,47)48)25-49-42(53-40)51-38-11-9-34(23-37(38)45)61-54-33-15-20-56(21-16-33)26-30-13-18-55(19-14-30)17-4-3-6-29-7-5-8-31(22-29)35-10-12-39(58)52-41(35)59/h5,7-9,11,22-25,27,30,33,35,54,60H,4,10,12-21,26,28H2,1-2H3,(H,49,51,53)(H,52,58,59). The second-order valence-corrected chi connectivity index (χ2v) is 17.6. The average Bonchev–Trinajstić information content (AvgIpc) is 3.67. The Hall–Kier alpha value is -4.86. The Balaban J connectivity index is 0.816. The zero-order valence-electron chi connectivity index (χ0n) is 34.3. The summed E-state index contributed by atoms with van der Waals surface area (Å²) in [6.45, 7) is 9.31. The molecule has 1 atom stereocenters. The van der Waals surface area contributed by atoms with Crippen molar-refractivity contribution >= 4 is 35.4 Å². The lowest BCUT2D eigenvalue weighted by atomic mass is 9.90. The highest BCUT2D eigenvalue weighted by atomic mass is 32.2. The summed E-state index contributed by atoms with van der Waals surface area (Å²) in [6.07, 6.45) is 4.46. The molecule has 2 aromatic carbocycles. The minimum Gasteiger partial charge on any atom is -0.389 e. The summed E-state index contributed by atoms with van der Waals surface area (Å²) in [4.78, 5) is 37.4. The molecule has 0 bridgehead atoms. The number of alkyl halides is 3. The van der Waals surface area contributed by atoms with Gasteiger partial charge in [-0.15, -0.1) is 0 Å². The third-order valence-electron chi connectivity index (χ3n) is 11.2. The van der Waals surface area contributed by atoms with Gasteiger partial charge >= 0.3 is 6.18 Å². The molecule has 17 heteroatoms. The number of hydrogen-bond acceptors (Lipinski definition) is 11. The van der Waals surface area contributed by atoms with Gasteiger partial charge in [-0.1, -0.05) is 24.0 Å². The first-order valence-corrected chi connectivity index (χ1v) is 21.5. The van der Waals surface area contributed by atoms with Crippen molar-refractivity contribution in [2.24, 2.45) is 5.92 Å². The summed E-state index contributed by atoms with van der Waals surface area (Å²) in [6, 6.07) is 12.6. The lowest BCUT2D eigenvalue weighted by Crippen LogP contribution is -2.44. The molecule has 61 heavy (non-hydrogen) atoms. The summed E-state index contributed by atoms with van der Waals surface area (Å²) >= 11 is 1.36. The zero-order valence-corrected chi connectivity index (χ0v) is 35.1. The Morgan fingerprint density at radius 3 is 2.48 bits per heavy atom. The van der Waals surface area contributed by atoms with E-state index < -0.39 is 28.9 Å². The Labute approximate surface area is 357 Å². The van der Waals surface area contributed by atoms with Crippen LogP contribution < -0.4 is 15.4 Å². The number of halogens is 4. The first kappa shape index (κ1) is 44.2. The van der Waals surface area contributed by atoms with Crippen LogP contribution in [-0.2, 0) is 22.3 Å². The molecule has 3 saturated heterocycles. The van der Waals surface area contributed by atoms with Gasteiger partial charge in [0.1, 0.15) is 11.4 Å². The van der Waals surface area contributed by atoms with Gasteiger partial charge < -0.3 is 20.2 Å². The monoisotopic (exact) mass is 861 g/mol. The van der Waals surface area contributed by atoms with E-state index in [1.165, 1.54) is 41.2 Å². The Morgan fingerprint density at radius 2 is 1.75 bits per heavy atom. The van der Waals surface area contributed by atoms with E-state index >= 15 is 4.39 Å². The topological polar surface area (TPSA) is 141 Å². The molecule has 4 N–H and O–H groups in total. The van der Waals surface area contributed by atoms with Gasteiger partial charge in [-0.05, 0) is 126 Å². The van der Waals surface area contributed by atoms with Crippen LogP contribution in [0.15, 0.2) is 66.0 Å². The van der Waals surface area contributed by atoms with Gasteiger partial charge in [0.25, 0.3) is 0 Å². The molecule has 5 heterocycles. The molecule has 2 amide bonds. The maximum absolute atomic E-state index is 15.3. The van der Waals surface area contributed by atoms with E-state index in [1.807, 2.05) is 24.3 Å². The molecule has 4 aromatic rings. The van der Waals surface area contributed by atoms with Gasteiger partial charge in [-0.3, -0.25) is 24.3 Å². The Kier molecular flexibility index (Phi) is 14.1. The smallest absolute Gasteiger partial charge is 0.389 e. The first-order valence-electron chi connectivity index (χ1n) is 20.7. The van der Waals surface area contributed by atoms with E-state index in [1.54, 1.807) is 19.9 Å². The van der Waals surface area contributed by atoms with Crippen molar-refractivity contribution in [1.29, 1.82) is 0 Å². The van der Waals surface area contributed by atoms with Crippen molar-refractivity contribution in [2.45, 2.75) is 94.0 Å². The number of hydrogen-bond donors (Lipinski definition) is 4. The molecule has 2 aromatic heterocycles. The second kappa shape index (κ2) is 19.5. The number of aliphatic hydroxyl groups is 1. The predicted octanol–water partition coefficient (Wildman–Crippen LogP) is 6.75. The number of carbonyl (C=O) groups is 2. The SMILES string of the molecule is CC(C)(O)Cn1cc(-c2nc(Nc3ccc(SNC4CCN(CC5CCN(CCC#Cc6cccc(C7CCC(=O)NC7=O)c6)CC5)CC4)cc3F)ncc2C(F)(F)F)cn1. The molecule has 0 saturated carbocycles. The quantitative estimate of drug-likeness (QED) is 0.0492. The molecule has 1 unspecified atom stereocenters. The van der Waals surface area contributed by atoms with Gasteiger partial charge in [0.05, 0.1) is 35.6 Å². The lowest BCUT2D eigenvalue weighted by Gasteiger charge is -2.37. The average molecular weight is 862 g/mol. The predicted molar refractivity (Wildman–Crippen MR) is 225 cm³/mol. The molecule has 324 valence electrons. The number of anilines is 2. The lowest BCUT2D eigenvalue weighted by molar-refractivity contribution is -0.137. The highest BCUT2D eigenvalue weighted by molar-refractivity contribution is 7.97. The maximum Gasteiger partial charge on any atom is 0.419 e. The molecular formula is C44H51F4N9O3S. The minimum absolute atomic E-state index is 0.0205. The van der Waals surface area contributed by atoms with Crippen molar-refractivity contribution < 1.29 is 32.3 Å². The molecule has 0 aliphatic carbocycles. The fourth-order valence-electron chi connectivity index (χ4n) is 7.99.